The van der Waals surface area contributed by atoms with Crippen LogP contribution in [0.3, 0.4) is 0 Å². The first-order chi connectivity index (χ1) is 19.2. The Morgan fingerprint density at radius 3 is 2.58 bits per heavy atom. The number of amides is 3. The summed E-state index contributed by atoms with van der Waals surface area (Å²) in [6.45, 7) is 0. The van der Waals surface area contributed by atoms with Crippen LogP contribution in [0.4, 0.5) is 24.7 Å². The summed E-state index contributed by atoms with van der Waals surface area (Å²) in [6, 6.07) is 10.6. The molecule has 1 saturated carbocycles. The lowest BCUT2D eigenvalue weighted by Crippen LogP contribution is -2.56. The summed E-state index contributed by atoms with van der Waals surface area (Å²) in [4.78, 5) is 51.2. The number of nitrogens with zero attached hydrogens (tertiary/aromatic N) is 5. The van der Waals surface area contributed by atoms with Crippen LogP contribution >= 0.6 is 0 Å². The van der Waals surface area contributed by atoms with Gasteiger partial charge in [-0.1, -0.05) is 30.3 Å². The number of rotatable bonds is 7. The highest BCUT2D eigenvalue weighted by Gasteiger charge is 2.48. The Balaban J connectivity index is 1.58. The van der Waals surface area contributed by atoms with Gasteiger partial charge in [0.05, 0.1) is 29.7 Å². The molecule has 3 heterocycles. The largest absolute Gasteiger partial charge is 0.351 e. The number of alkyl halides is 2. The van der Waals surface area contributed by atoms with Crippen molar-refractivity contribution in [2.24, 2.45) is 0 Å². The fourth-order valence-corrected chi connectivity index (χ4v) is 5.02. The van der Waals surface area contributed by atoms with Crippen molar-refractivity contribution >= 4 is 29.2 Å². The Hall–Kier alpha value is -4.79. The van der Waals surface area contributed by atoms with Crippen LogP contribution in [0, 0.1) is 17.1 Å². The van der Waals surface area contributed by atoms with Crippen molar-refractivity contribution in [1.29, 1.82) is 5.26 Å². The molecule has 0 spiro atoms. The Labute approximate surface area is 227 Å². The van der Waals surface area contributed by atoms with Crippen LogP contribution in [0.2, 0.25) is 0 Å². The van der Waals surface area contributed by atoms with Gasteiger partial charge in [-0.3, -0.25) is 29.2 Å². The zero-order valence-corrected chi connectivity index (χ0v) is 21.0. The maximum Gasteiger partial charge on any atom is 0.252 e. The first kappa shape index (κ1) is 26.8. The number of anilines is 2. The number of nitriles is 1. The van der Waals surface area contributed by atoms with Crippen LogP contribution in [0.25, 0.3) is 0 Å². The molecule has 0 bridgehead atoms. The molecule has 0 unspecified atom stereocenters. The molecular weight excluding hydrogens is 525 g/mol. The second-order valence-corrected chi connectivity index (χ2v) is 9.69. The normalized spacial score (nSPS) is 18.9. The lowest BCUT2D eigenvalue weighted by Gasteiger charge is -2.39. The lowest BCUT2D eigenvalue weighted by atomic mass is 9.87. The number of hydrogen-bond acceptors (Lipinski definition) is 6. The predicted molar refractivity (Wildman–Crippen MR) is 136 cm³/mol. The first-order valence-electron chi connectivity index (χ1n) is 12.5. The molecule has 1 aliphatic carbocycles. The van der Waals surface area contributed by atoms with E-state index >= 15 is 0 Å². The van der Waals surface area contributed by atoms with Crippen molar-refractivity contribution in [3.8, 4) is 6.07 Å². The molecule has 1 aliphatic heterocycles. The molecule has 0 radical (unpaired) electrons. The van der Waals surface area contributed by atoms with Crippen molar-refractivity contribution in [1.82, 2.24) is 15.3 Å². The zero-order valence-electron chi connectivity index (χ0n) is 21.0. The topological polar surface area (TPSA) is 119 Å². The summed E-state index contributed by atoms with van der Waals surface area (Å²) >= 11 is 0. The molecule has 3 amide bonds. The van der Waals surface area contributed by atoms with E-state index in [1.165, 1.54) is 24.5 Å². The molecule has 2 atom stereocenters. The average molecular weight is 549 g/mol. The van der Waals surface area contributed by atoms with Gasteiger partial charge in [-0.05, 0) is 24.1 Å². The van der Waals surface area contributed by atoms with Gasteiger partial charge in [0.15, 0.2) is 0 Å². The minimum absolute atomic E-state index is 0.0105. The maximum absolute atomic E-state index is 14.4. The fourth-order valence-electron chi connectivity index (χ4n) is 5.02. The van der Waals surface area contributed by atoms with E-state index in [-0.39, 0.29) is 29.9 Å². The molecule has 9 nitrogen and oxygen atoms in total. The van der Waals surface area contributed by atoms with Gasteiger partial charge in [0, 0.05) is 37.6 Å². The van der Waals surface area contributed by atoms with Crippen molar-refractivity contribution in [3.05, 3.63) is 84.1 Å². The zero-order chi connectivity index (χ0) is 28.4. The van der Waals surface area contributed by atoms with E-state index in [0.717, 1.165) is 22.1 Å². The summed E-state index contributed by atoms with van der Waals surface area (Å²) in [5.41, 5.74) is 0.496. The molecule has 2 aliphatic rings. The van der Waals surface area contributed by atoms with Gasteiger partial charge in [-0.15, -0.1) is 0 Å². The average Bonchev–Trinajstić information content (AvgIpc) is 3.32. The van der Waals surface area contributed by atoms with E-state index in [0.29, 0.717) is 5.56 Å². The fraction of sp³-hybridized carbons (Fsp3) is 0.286. The van der Waals surface area contributed by atoms with Crippen LogP contribution in [0.5, 0.6) is 0 Å². The standard InChI is InChI=1S/C28H23F3N6O3/c29-19-11-21(16-33-15-19)36(25(18-4-2-1-3-5-18)26(39)35-20-12-28(30,31)13-20)27(40)22-6-7-24(38)37(22)23-10-17(14-32)8-9-34-23/h1-5,8-11,15-16,20,22,25H,6-7,12-13H2,(H,35,39)/t22-,25-/m0/s1. The van der Waals surface area contributed by atoms with Crippen molar-refractivity contribution in [2.45, 2.75) is 49.7 Å². The first-order valence-corrected chi connectivity index (χ1v) is 12.5. The summed E-state index contributed by atoms with van der Waals surface area (Å²) in [5, 5.41) is 11.9. The second kappa shape index (κ2) is 10.8. The van der Waals surface area contributed by atoms with E-state index in [4.69, 9.17) is 0 Å². The van der Waals surface area contributed by atoms with Gasteiger partial charge in [0.25, 0.3) is 11.8 Å². The van der Waals surface area contributed by atoms with Crippen LogP contribution in [0.15, 0.2) is 67.1 Å². The number of pyridine rings is 2. The number of nitrogens with one attached hydrogen (secondary N) is 1. The third-order valence-corrected chi connectivity index (χ3v) is 6.88. The number of carbonyl (C=O) groups is 3. The molecule has 1 N–H and O–H groups in total. The number of carbonyl (C=O) groups excluding carboxylic acids is 3. The van der Waals surface area contributed by atoms with E-state index in [1.54, 1.807) is 30.3 Å². The molecule has 3 aromatic rings. The molecule has 40 heavy (non-hydrogen) atoms. The monoisotopic (exact) mass is 548 g/mol. The van der Waals surface area contributed by atoms with Crippen molar-refractivity contribution in [3.63, 3.8) is 0 Å². The van der Waals surface area contributed by atoms with Crippen LogP contribution in [0.1, 0.15) is 42.9 Å². The highest BCUT2D eigenvalue weighted by atomic mass is 19.3. The summed E-state index contributed by atoms with van der Waals surface area (Å²) < 4.78 is 41.5. The smallest absolute Gasteiger partial charge is 0.252 e. The van der Waals surface area contributed by atoms with Gasteiger partial charge in [-0.2, -0.15) is 5.26 Å². The molecule has 12 heteroatoms. The summed E-state index contributed by atoms with van der Waals surface area (Å²) in [7, 11) is 0. The number of halogens is 3. The Kier molecular flexibility index (Phi) is 7.21. The van der Waals surface area contributed by atoms with Gasteiger partial charge in [0.2, 0.25) is 11.8 Å². The summed E-state index contributed by atoms with van der Waals surface area (Å²) in [5.74, 6) is -5.48. The summed E-state index contributed by atoms with van der Waals surface area (Å²) in [6.07, 6.45) is 2.45. The van der Waals surface area contributed by atoms with Gasteiger partial charge < -0.3 is 5.32 Å². The molecule has 5 rings (SSSR count). The molecule has 2 fully saturated rings. The number of hydrogen-bond donors (Lipinski definition) is 1. The predicted octanol–water partition coefficient (Wildman–Crippen LogP) is 3.67. The molecule has 1 saturated heterocycles. The van der Waals surface area contributed by atoms with E-state index < -0.39 is 60.4 Å². The highest BCUT2D eigenvalue weighted by molar-refractivity contribution is 6.10. The van der Waals surface area contributed by atoms with Gasteiger partial charge >= 0.3 is 0 Å². The van der Waals surface area contributed by atoms with Crippen LogP contribution in [-0.4, -0.2) is 45.7 Å². The lowest BCUT2D eigenvalue weighted by molar-refractivity contribution is -0.133. The molecule has 1 aromatic carbocycles. The van der Waals surface area contributed by atoms with Crippen LogP contribution < -0.4 is 15.1 Å². The highest BCUT2D eigenvalue weighted by Crippen LogP contribution is 2.39. The van der Waals surface area contributed by atoms with Gasteiger partial charge in [0.1, 0.15) is 23.7 Å². The maximum atomic E-state index is 14.4. The van der Waals surface area contributed by atoms with Gasteiger partial charge in [-0.25, -0.2) is 18.2 Å². The molecule has 2 aromatic heterocycles. The second-order valence-electron chi connectivity index (χ2n) is 9.69. The third kappa shape index (κ3) is 5.36. The minimum Gasteiger partial charge on any atom is -0.351 e. The van der Waals surface area contributed by atoms with E-state index in [9.17, 15) is 32.8 Å². The number of benzene rings is 1. The molecule has 204 valence electrons. The quantitative estimate of drug-likeness (QED) is 0.481. The Morgan fingerprint density at radius 2 is 1.90 bits per heavy atom. The van der Waals surface area contributed by atoms with Crippen molar-refractivity contribution < 1.29 is 27.6 Å². The minimum atomic E-state index is -2.89. The van der Waals surface area contributed by atoms with E-state index in [2.05, 4.69) is 15.3 Å². The van der Waals surface area contributed by atoms with Crippen molar-refractivity contribution in [2.75, 3.05) is 9.80 Å². The Bertz CT molecular complexity index is 1490. The van der Waals surface area contributed by atoms with E-state index in [1.807, 2.05) is 6.07 Å². The SMILES string of the molecule is N#Cc1ccnc(N2C(=O)CC[C@H]2C(=O)N(c2cncc(F)c2)[C@H](C(=O)NC2CC(F)(F)C2)c2ccccc2)c1. The Morgan fingerprint density at radius 1 is 1.15 bits per heavy atom. The molecular formula is C28H23F3N6O3. The van der Waals surface area contributed by atoms with Crippen LogP contribution in [-0.2, 0) is 14.4 Å². The third-order valence-electron chi connectivity index (χ3n) is 6.88. The number of aromatic nitrogens is 2.